The molecule has 0 radical (unpaired) electrons. The highest BCUT2D eigenvalue weighted by molar-refractivity contribution is 5.84. The van der Waals surface area contributed by atoms with Gasteiger partial charge in [-0.2, -0.15) is 0 Å². The van der Waals surface area contributed by atoms with Crippen LogP contribution in [-0.2, 0) is 14.3 Å². The van der Waals surface area contributed by atoms with E-state index < -0.39 is 5.41 Å². The SMILES string of the molecule is C=CC(C)(CC(C)(C)CC(C)(C)OCCC(C)(C)OC)C(=O)NC(C)C. The van der Waals surface area contributed by atoms with Crippen LogP contribution in [0.25, 0.3) is 0 Å². The first-order valence-electron chi connectivity index (χ1n) is 9.72. The fourth-order valence-corrected chi connectivity index (χ4v) is 3.61. The third-order valence-corrected chi connectivity index (χ3v) is 4.89. The van der Waals surface area contributed by atoms with Gasteiger partial charge in [-0.25, -0.2) is 0 Å². The number of methoxy groups -OCH3 is 1. The van der Waals surface area contributed by atoms with E-state index in [4.69, 9.17) is 9.47 Å². The van der Waals surface area contributed by atoms with Crippen LogP contribution in [-0.4, -0.2) is 36.9 Å². The van der Waals surface area contributed by atoms with Crippen molar-refractivity contribution < 1.29 is 14.3 Å². The number of amides is 1. The second-order valence-electron chi connectivity index (χ2n) is 10.1. The van der Waals surface area contributed by atoms with Crippen molar-refractivity contribution in [3.05, 3.63) is 12.7 Å². The minimum Gasteiger partial charge on any atom is -0.379 e. The van der Waals surface area contributed by atoms with Crippen molar-refractivity contribution in [2.45, 2.75) is 98.8 Å². The van der Waals surface area contributed by atoms with E-state index in [9.17, 15) is 4.79 Å². The molecule has 1 unspecified atom stereocenters. The summed E-state index contributed by atoms with van der Waals surface area (Å²) < 4.78 is 11.6. The second-order valence-corrected chi connectivity index (χ2v) is 10.1. The molecule has 0 rings (SSSR count). The highest BCUT2D eigenvalue weighted by atomic mass is 16.5. The zero-order chi connectivity index (χ0) is 20.8. The number of hydrogen-bond donors (Lipinski definition) is 1. The molecule has 0 aliphatic rings. The standard InChI is InChI=1S/C22H43NO3/c1-12-22(10,18(24)23-17(2)3)16-19(4,5)15-21(8,9)26-14-13-20(6,7)25-11/h12,17H,1,13-16H2,2-11H3,(H,23,24). The van der Waals surface area contributed by atoms with E-state index in [1.54, 1.807) is 13.2 Å². The van der Waals surface area contributed by atoms with Crippen LogP contribution in [0.3, 0.4) is 0 Å². The largest absolute Gasteiger partial charge is 0.379 e. The Morgan fingerprint density at radius 3 is 2.00 bits per heavy atom. The second kappa shape index (κ2) is 9.36. The molecule has 0 aliphatic carbocycles. The fraction of sp³-hybridized carbons (Fsp3) is 0.864. The molecule has 154 valence electrons. The number of hydrogen-bond acceptors (Lipinski definition) is 3. The number of carbonyl (C=O) groups is 1. The van der Waals surface area contributed by atoms with Crippen molar-refractivity contribution in [2.24, 2.45) is 10.8 Å². The molecule has 0 spiro atoms. The normalized spacial score (nSPS) is 15.7. The molecule has 4 nitrogen and oxygen atoms in total. The minimum absolute atomic E-state index is 0.0381. The van der Waals surface area contributed by atoms with Crippen molar-refractivity contribution in [1.29, 1.82) is 0 Å². The molecule has 0 heterocycles. The van der Waals surface area contributed by atoms with E-state index >= 15 is 0 Å². The van der Waals surface area contributed by atoms with Crippen LogP contribution in [0.2, 0.25) is 0 Å². The molecule has 0 aromatic carbocycles. The van der Waals surface area contributed by atoms with Crippen LogP contribution in [0.5, 0.6) is 0 Å². The quantitative estimate of drug-likeness (QED) is 0.486. The van der Waals surface area contributed by atoms with Crippen LogP contribution < -0.4 is 5.32 Å². The van der Waals surface area contributed by atoms with Gasteiger partial charge >= 0.3 is 0 Å². The lowest BCUT2D eigenvalue weighted by Crippen LogP contribution is -2.44. The average Bonchev–Trinajstić information content (AvgIpc) is 2.44. The van der Waals surface area contributed by atoms with Crippen LogP contribution in [0.1, 0.15) is 81.6 Å². The summed E-state index contributed by atoms with van der Waals surface area (Å²) in [4.78, 5) is 12.6. The Morgan fingerprint density at radius 2 is 1.58 bits per heavy atom. The van der Waals surface area contributed by atoms with Crippen LogP contribution >= 0.6 is 0 Å². The first-order chi connectivity index (χ1) is 11.6. The molecule has 1 atom stereocenters. The van der Waals surface area contributed by atoms with Gasteiger partial charge in [-0.15, -0.1) is 6.58 Å². The summed E-state index contributed by atoms with van der Waals surface area (Å²) in [5, 5.41) is 3.02. The molecule has 0 aromatic rings. The number of carbonyl (C=O) groups excluding carboxylic acids is 1. The van der Waals surface area contributed by atoms with Crippen LogP contribution in [0.15, 0.2) is 12.7 Å². The van der Waals surface area contributed by atoms with Gasteiger partial charge in [0.05, 0.1) is 23.2 Å². The summed E-state index contributed by atoms with van der Waals surface area (Å²) >= 11 is 0. The lowest BCUT2D eigenvalue weighted by molar-refractivity contribution is -0.130. The van der Waals surface area contributed by atoms with Gasteiger partial charge in [-0.1, -0.05) is 19.9 Å². The van der Waals surface area contributed by atoms with Crippen molar-refractivity contribution in [3.63, 3.8) is 0 Å². The molecular weight excluding hydrogens is 326 g/mol. The highest BCUT2D eigenvalue weighted by Crippen LogP contribution is 2.41. The predicted octanol–water partition coefficient (Wildman–Crippen LogP) is 5.12. The molecule has 4 heteroatoms. The Kier molecular flexibility index (Phi) is 9.05. The molecule has 0 saturated heterocycles. The zero-order valence-electron chi connectivity index (χ0n) is 18.9. The van der Waals surface area contributed by atoms with Crippen molar-refractivity contribution in [1.82, 2.24) is 5.32 Å². The maximum atomic E-state index is 12.6. The Bertz CT molecular complexity index is 466. The fourth-order valence-electron chi connectivity index (χ4n) is 3.61. The number of ether oxygens (including phenoxy) is 2. The van der Waals surface area contributed by atoms with Crippen LogP contribution in [0, 0.1) is 10.8 Å². The maximum Gasteiger partial charge on any atom is 0.229 e. The topological polar surface area (TPSA) is 47.6 Å². The first kappa shape index (κ1) is 25.1. The van der Waals surface area contributed by atoms with Gasteiger partial charge in [0.15, 0.2) is 0 Å². The Labute approximate surface area is 162 Å². The van der Waals surface area contributed by atoms with E-state index in [2.05, 4.69) is 53.4 Å². The summed E-state index contributed by atoms with van der Waals surface area (Å²) in [6.45, 7) is 23.3. The zero-order valence-corrected chi connectivity index (χ0v) is 18.9. The number of rotatable bonds is 12. The van der Waals surface area contributed by atoms with E-state index in [1.165, 1.54) is 0 Å². The summed E-state index contributed by atoms with van der Waals surface area (Å²) in [6, 6.07) is 0.119. The molecule has 0 fully saturated rings. The van der Waals surface area contributed by atoms with Crippen molar-refractivity contribution in [3.8, 4) is 0 Å². The third kappa shape index (κ3) is 9.18. The molecule has 1 amide bonds. The van der Waals surface area contributed by atoms with E-state index in [0.717, 1.165) is 19.3 Å². The molecule has 0 aliphatic heterocycles. The van der Waals surface area contributed by atoms with Gasteiger partial charge in [0, 0.05) is 13.2 Å². The van der Waals surface area contributed by atoms with Crippen molar-refractivity contribution >= 4 is 5.91 Å². The summed E-state index contributed by atoms with van der Waals surface area (Å²) in [6.07, 6.45) is 4.19. The third-order valence-electron chi connectivity index (χ3n) is 4.89. The van der Waals surface area contributed by atoms with Crippen molar-refractivity contribution in [2.75, 3.05) is 13.7 Å². The van der Waals surface area contributed by atoms with Crippen LogP contribution in [0.4, 0.5) is 0 Å². The molecule has 0 bridgehead atoms. The average molecular weight is 370 g/mol. The van der Waals surface area contributed by atoms with E-state index in [0.29, 0.717) is 6.61 Å². The van der Waals surface area contributed by atoms with Gasteiger partial charge in [-0.3, -0.25) is 4.79 Å². The van der Waals surface area contributed by atoms with Gasteiger partial charge in [-0.05, 0) is 73.1 Å². The molecule has 0 aromatic heterocycles. The Balaban J connectivity index is 4.92. The molecule has 0 saturated carbocycles. The molecule has 1 N–H and O–H groups in total. The monoisotopic (exact) mass is 369 g/mol. The van der Waals surface area contributed by atoms with Gasteiger partial charge in [0.2, 0.25) is 5.91 Å². The van der Waals surface area contributed by atoms with Gasteiger partial charge < -0.3 is 14.8 Å². The smallest absolute Gasteiger partial charge is 0.229 e. The van der Waals surface area contributed by atoms with Gasteiger partial charge in [0.1, 0.15) is 0 Å². The Hall–Kier alpha value is -0.870. The van der Waals surface area contributed by atoms with E-state index in [1.807, 2.05) is 20.8 Å². The van der Waals surface area contributed by atoms with Gasteiger partial charge in [0.25, 0.3) is 0 Å². The number of nitrogens with one attached hydrogen (secondary N) is 1. The first-order valence-corrected chi connectivity index (χ1v) is 9.72. The Morgan fingerprint density at radius 1 is 1.04 bits per heavy atom. The van der Waals surface area contributed by atoms with E-state index in [-0.39, 0.29) is 28.6 Å². The highest BCUT2D eigenvalue weighted by Gasteiger charge is 2.39. The summed E-state index contributed by atoms with van der Waals surface area (Å²) in [5.74, 6) is 0.0381. The lowest BCUT2D eigenvalue weighted by Gasteiger charge is -2.40. The maximum absolute atomic E-state index is 12.6. The predicted molar refractivity (Wildman–Crippen MR) is 110 cm³/mol. The molecular formula is C22H43NO3. The summed E-state index contributed by atoms with van der Waals surface area (Å²) in [5.41, 5.74) is -1.12. The summed E-state index contributed by atoms with van der Waals surface area (Å²) in [7, 11) is 1.73. The molecule has 26 heavy (non-hydrogen) atoms. The lowest BCUT2D eigenvalue weighted by atomic mass is 9.69. The minimum atomic E-state index is -0.595.